The van der Waals surface area contributed by atoms with Crippen LogP contribution in [0.2, 0.25) is 0 Å². The van der Waals surface area contributed by atoms with Crippen LogP contribution in [0, 0.1) is 5.92 Å². The Bertz CT molecular complexity index is 435. The van der Waals surface area contributed by atoms with Crippen molar-refractivity contribution >= 4 is 11.8 Å². The number of hydrogen-bond acceptors (Lipinski definition) is 3. The summed E-state index contributed by atoms with van der Waals surface area (Å²) in [5, 5.41) is 0. The summed E-state index contributed by atoms with van der Waals surface area (Å²) in [5.41, 5.74) is 0. The molecule has 0 radical (unpaired) electrons. The van der Waals surface area contributed by atoms with Gasteiger partial charge in [0.05, 0.1) is 12.1 Å². The predicted octanol–water partition coefficient (Wildman–Crippen LogP) is 0.777. The van der Waals surface area contributed by atoms with E-state index < -0.39 is 0 Å². The Morgan fingerprint density at radius 3 is 2.65 bits per heavy atom. The lowest BCUT2D eigenvalue weighted by atomic mass is 9.95. The first kappa shape index (κ1) is 12.6. The highest BCUT2D eigenvalue weighted by molar-refractivity contribution is 5.95. The van der Waals surface area contributed by atoms with Crippen LogP contribution in [0.3, 0.4) is 0 Å². The van der Waals surface area contributed by atoms with Crippen molar-refractivity contribution in [1.82, 2.24) is 9.80 Å². The van der Waals surface area contributed by atoms with E-state index in [4.69, 9.17) is 4.74 Å². The van der Waals surface area contributed by atoms with E-state index >= 15 is 0 Å². The zero-order chi connectivity index (χ0) is 13.7. The topological polar surface area (TPSA) is 49.9 Å². The standard InChI is InChI=1S/C15H22N2O3/c18-13-9-17(11-6-8-20-14(11)10-4-5-10)15(19)12-3-1-2-7-16(12)13/h10-12,14H,1-9H2. The van der Waals surface area contributed by atoms with Crippen molar-refractivity contribution in [3.05, 3.63) is 0 Å². The van der Waals surface area contributed by atoms with Crippen LogP contribution < -0.4 is 0 Å². The van der Waals surface area contributed by atoms with Crippen LogP contribution in [0.1, 0.15) is 38.5 Å². The molecule has 0 N–H and O–H groups in total. The van der Waals surface area contributed by atoms with Crippen molar-refractivity contribution in [3.63, 3.8) is 0 Å². The molecule has 3 atom stereocenters. The van der Waals surface area contributed by atoms with E-state index in [1.54, 1.807) is 0 Å². The van der Waals surface area contributed by atoms with Gasteiger partial charge in [-0.1, -0.05) is 0 Å². The number of ether oxygens (including phenoxy) is 1. The second-order valence-corrected chi connectivity index (χ2v) is 6.59. The summed E-state index contributed by atoms with van der Waals surface area (Å²) in [5.74, 6) is 0.927. The van der Waals surface area contributed by atoms with Crippen LogP contribution in [0.15, 0.2) is 0 Å². The number of fused-ring (bicyclic) bond motifs is 1. The van der Waals surface area contributed by atoms with Crippen LogP contribution in [-0.2, 0) is 14.3 Å². The van der Waals surface area contributed by atoms with E-state index in [9.17, 15) is 9.59 Å². The van der Waals surface area contributed by atoms with Crippen LogP contribution in [-0.4, -0.2) is 59.5 Å². The highest BCUT2D eigenvalue weighted by Crippen LogP contribution is 2.41. The SMILES string of the molecule is O=C1CN(C2CCOC2C2CC2)C(=O)C2CCCCN12. The Balaban J connectivity index is 1.55. The van der Waals surface area contributed by atoms with Gasteiger partial charge in [0.25, 0.3) is 0 Å². The molecule has 0 spiro atoms. The molecule has 5 nitrogen and oxygen atoms in total. The number of nitrogens with zero attached hydrogens (tertiary/aromatic N) is 2. The van der Waals surface area contributed by atoms with E-state index in [1.165, 1.54) is 12.8 Å². The van der Waals surface area contributed by atoms with Gasteiger partial charge in [-0.25, -0.2) is 0 Å². The molecule has 4 rings (SSSR count). The van der Waals surface area contributed by atoms with Crippen molar-refractivity contribution in [2.24, 2.45) is 5.92 Å². The van der Waals surface area contributed by atoms with E-state index in [2.05, 4.69) is 0 Å². The summed E-state index contributed by atoms with van der Waals surface area (Å²) in [6.07, 6.45) is 6.44. The highest BCUT2D eigenvalue weighted by Gasteiger charge is 2.49. The van der Waals surface area contributed by atoms with E-state index in [0.29, 0.717) is 5.92 Å². The summed E-state index contributed by atoms with van der Waals surface area (Å²) in [6, 6.07) is -0.0477. The fraction of sp³-hybridized carbons (Fsp3) is 0.867. The molecule has 20 heavy (non-hydrogen) atoms. The van der Waals surface area contributed by atoms with Gasteiger partial charge in [0, 0.05) is 13.2 Å². The molecule has 1 saturated carbocycles. The predicted molar refractivity (Wildman–Crippen MR) is 71.9 cm³/mol. The molecule has 2 amide bonds. The van der Waals surface area contributed by atoms with Gasteiger partial charge in [0.15, 0.2) is 0 Å². The number of carbonyl (C=O) groups is 2. The molecule has 0 aromatic rings. The van der Waals surface area contributed by atoms with Gasteiger partial charge in [-0.15, -0.1) is 0 Å². The first-order chi connectivity index (χ1) is 9.75. The first-order valence-electron chi connectivity index (χ1n) is 7.97. The molecule has 0 aromatic heterocycles. The normalized spacial score (nSPS) is 38.3. The van der Waals surface area contributed by atoms with Crippen molar-refractivity contribution in [1.29, 1.82) is 0 Å². The molecular formula is C15H22N2O3. The van der Waals surface area contributed by atoms with Crippen LogP contribution in [0.25, 0.3) is 0 Å². The second-order valence-electron chi connectivity index (χ2n) is 6.59. The van der Waals surface area contributed by atoms with Gasteiger partial charge >= 0.3 is 0 Å². The molecule has 3 heterocycles. The van der Waals surface area contributed by atoms with Gasteiger partial charge in [-0.2, -0.15) is 0 Å². The molecular weight excluding hydrogens is 256 g/mol. The molecule has 110 valence electrons. The minimum absolute atomic E-state index is 0.135. The number of rotatable bonds is 2. The highest BCUT2D eigenvalue weighted by atomic mass is 16.5. The van der Waals surface area contributed by atoms with Gasteiger partial charge < -0.3 is 14.5 Å². The molecule has 3 aliphatic heterocycles. The van der Waals surface area contributed by atoms with E-state index in [0.717, 1.165) is 38.8 Å². The Kier molecular flexibility index (Phi) is 2.98. The van der Waals surface area contributed by atoms with Gasteiger partial charge in [0.2, 0.25) is 11.8 Å². The monoisotopic (exact) mass is 278 g/mol. The number of piperazine rings is 1. The summed E-state index contributed by atoms with van der Waals surface area (Å²) in [4.78, 5) is 28.7. The maximum absolute atomic E-state index is 12.8. The molecule has 3 unspecified atom stereocenters. The molecule has 4 fully saturated rings. The van der Waals surface area contributed by atoms with Gasteiger partial charge in [-0.3, -0.25) is 9.59 Å². The quantitative estimate of drug-likeness (QED) is 0.750. The summed E-state index contributed by atoms with van der Waals surface area (Å²) in [7, 11) is 0. The average Bonchev–Trinajstić information content (AvgIpc) is 3.21. The fourth-order valence-corrected chi connectivity index (χ4v) is 4.08. The molecule has 4 aliphatic rings. The fourth-order valence-electron chi connectivity index (χ4n) is 4.08. The lowest BCUT2D eigenvalue weighted by Crippen LogP contribution is -2.64. The zero-order valence-corrected chi connectivity index (χ0v) is 11.8. The Morgan fingerprint density at radius 1 is 1.00 bits per heavy atom. The molecule has 1 aliphatic carbocycles. The molecule has 3 saturated heterocycles. The van der Waals surface area contributed by atoms with Crippen molar-refractivity contribution < 1.29 is 14.3 Å². The number of hydrogen-bond donors (Lipinski definition) is 0. The van der Waals surface area contributed by atoms with Crippen LogP contribution >= 0.6 is 0 Å². The van der Waals surface area contributed by atoms with E-state index in [1.807, 2.05) is 9.80 Å². The lowest BCUT2D eigenvalue weighted by Gasteiger charge is -2.45. The molecule has 0 bridgehead atoms. The number of amides is 2. The minimum atomic E-state index is -0.189. The summed E-state index contributed by atoms with van der Waals surface area (Å²) >= 11 is 0. The molecule has 5 heteroatoms. The summed E-state index contributed by atoms with van der Waals surface area (Å²) in [6.45, 7) is 1.76. The maximum Gasteiger partial charge on any atom is 0.246 e. The van der Waals surface area contributed by atoms with E-state index in [-0.39, 0.29) is 36.5 Å². The minimum Gasteiger partial charge on any atom is -0.376 e. The third kappa shape index (κ3) is 1.94. The van der Waals surface area contributed by atoms with Gasteiger partial charge in [0.1, 0.15) is 12.6 Å². The second kappa shape index (κ2) is 4.72. The largest absolute Gasteiger partial charge is 0.376 e. The van der Waals surface area contributed by atoms with Crippen molar-refractivity contribution in [3.8, 4) is 0 Å². The first-order valence-corrected chi connectivity index (χ1v) is 7.97. The van der Waals surface area contributed by atoms with Crippen LogP contribution in [0.5, 0.6) is 0 Å². The van der Waals surface area contributed by atoms with Crippen LogP contribution in [0.4, 0.5) is 0 Å². The Morgan fingerprint density at radius 2 is 1.85 bits per heavy atom. The molecule has 0 aromatic carbocycles. The smallest absolute Gasteiger partial charge is 0.246 e. The number of carbonyl (C=O) groups excluding carboxylic acids is 2. The third-order valence-electron chi connectivity index (χ3n) is 5.29. The average molecular weight is 278 g/mol. The Hall–Kier alpha value is -1.10. The summed E-state index contributed by atoms with van der Waals surface area (Å²) < 4.78 is 5.84. The third-order valence-corrected chi connectivity index (χ3v) is 5.29. The zero-order valence-electron chi connectivity index (χ0n) is 11.8. The number of piperidine rings is 1. The maximum atomic E-state index is 12.8. The Labute approximate surface area is 119 Å². The van der Waals surface area contributed by atoms with Crippen molar-refractivity contribution in [2.75, 3.05) is 19.7 Å². The van der Waals surface area contributed by atoms with Gasteiger partial charge in [-0.05, 0) is 44.4 Å². The van der Waals surface area contributed by atoms with Crippen molar-refractivity contribution in [2.45, 2.75) is 56.7 Å². The lowest BCUT2D eigenvalue weighted by molar-refractivity contribution is -0.161.